The Balaban J connectivity index is 1.54. The number of carbonyl (C=O) groups is 1. The highest BCUT2D eigenvalue weighted by molar-refractivity contribution is 8.18. The molecule has 1 aromatic heterocycles. The largest absolute Gasteiger partial charge is 0.457 e. The van der Waals surface area contributed by atoms with Crippen LogP contribution in [0.25, 0.3) is 17.4 Å². The van der Waals surface area contributed by atoms with E-state index in [0.717, 1.165) is 17.0 Å². The summed E-state index contributed by atoms with van der Waals surface area (Å²) < 4.78 is 5.82. The molecule has 0 atom stereocenters. The molecule has 26 heavy (non-hydrogen) atoms. The van der Waals surface area contributed by atoms with Crippen LogP contribution in [0.4, 0.5) is 5.69 Å². The summed E-state index contributed by atoms with van der Waals surface area (Å²) in [4.78, 5) is 17.1. The summed E-state index contributed by atoms with van der Waals surface area (Å²) in [6.07, 6.45) is 1.72. The molecule has 3 aromatic rings. The molecule has 0 bridgehead atoms. The van der Waals surface area contributed by atoms with Gasteiger partial charge in [-0.3, -0.25) is 4.79 Å². The molecule has 4 rings (SSSR count). The van der Waals surface area contributed by atoms with E-state index >= 15 is 0 Å². The molecule has 128 valence electrons. The molecule has 2 aromatic carbocycles. The number of benzene rings is 2. The second-order valence-corrected chi connectivity index (χ2v) is 6.99. The van der Waals surface area contributed by atoms with E-state index in [-0.39, 0.29) is 5.91 Å². The van der Waals surface area contributed by atoms with Crippen LogP contribution in [0.5, 0.6) is 0 Å². The number of furan rings is 1. The van der Waals surface area contributed by atoms with Crippen molar-refractivity contribution < 1.29 is 9.21 Å². The van der Waals surface area contributed by atoms with Gasteiger partial charge in [0.15, 0.2) is 5.17 Å². The number of rotatable bonds is 3. The van der Waals surface area contributed by atoms with E-state index in [4.69, 9.17) is 16.0 Å². The van der Waals surface area contributed by atoms with E-state index in [1.165, 1.54) is 11.8 Å². The Morgan fingerprint density at radius 1 is 1.00 bits per heavy atom. The van der Waals surface area contributed by atoms with Gasteiger partial charge in [0.25, 0.3) is 5.91 Å². The standard InChI is InChI=1S/C20H13ClN2O2S/c21-14-8-6-13(7-9-14)17-11-10-16(25-17)12-18-19(24)23-20(26-18)22-15-4-2-1-3-5-15/h1-12H,(H,22,23,24). The highest BCUT2D eigenvalue weighted by Crippen LogP contribution is 2.30. The molecule has 0 spiro atoms. The van der Waals surface area contributed by atoms with E-state index in [9.17, 15) is 4.79 Å². The third-order valence-electron chi connectivity index (χ3n) is 3.67. The van der Waals surface area contributed by atoms with Gasteiger partial charge in [0.2, 0.25) is 0 Å². The number of halogens is 1. The summed E-state index contributed by atoms with van der Waals surface area (Å²) in [5, 5.41) is 3.99. The normalized spacial score (nSPS) is 17.0. The van der Waals surface area contributed by atoms with Gasteiger partial charge < -0.3 is 9.73 Å². The summed E-state index contributed by atoms with van der Waals surface area (Å²) in [5.74, 6) is 1.14. The minimum atomic E-state index is -0.186. The molecule has 1 amide bonds. The fourth-order valence-corrected chi connectivity index (χ4v) is 3.38. The number of hydrogen-bond donors (Lipinski definition) is 1. The van der Waals surface area contributed by atoms with Crippen LogP contribution in [0.2, 0.25) is 5.02 Å². The zero-order chi connectivity index (χ0) is 17.9. The summed E-state index contributed by atoms with van der Waals surface area (Å²) in [6, 6.07) is 20.6. The highest BCUT2D eigenvalue weighted by atomic mass is 35.5. The number of amides is 1. The van der Waals surface area contributed by atoms with Crippen molar-refractivity contribution >= 4 is 46.2 Å². The average molecular weight is 381 g/mol. The molecule has 1 fully saturated rings. The summed E-state index contributed by atoms with van der Waals surface area (Å²) in [7, 11) is 0. The lowest BCUT2D eigenvalue weighted by Crippen LogP contribution is -2.19. The lowest BCUT2D eigenvalue weighted by Gasteiger charge is -1.96. The zero-order valence-electron chi connectivity index (χ0n) is 13.5. The third-order valence-corrected chi connectivity index (χ3v) is 4.83. The maximum atomic E-state index is 12.2. The molecule has 6 heteroatoms. The molecule has 1 N–H and O–H groups in total. The second-order valence-electron chi connectivity index (χ2n) is 5.53. The number of amidine groups is 1. The molecule has 0 aliphatic carbocycles. The van der Waals surface area contributed by atoms with E-state index < -0.39 is 0 Å². The molecular formula is C20H13ClN2O2S. The highest BCUT2D eigenvalue weighted by Gasteiger charge is 2.24. The molecule has 0 radical (unpaired) electrons. The Bertz CT molecular complexity index is 1010. The third kappa shape index (κ3) is 3.74. The Morgan fingerprint density at radius 3 is 2.54 bits per heavy atom. The van der Waals surface area contributed by atoms with E-state index in [2.05, 4.69) is 10.3 Å². The van der Waals surface area contributed by atoms with Crippen LogP contribution in [-0.2, 0) is 4.79 Å². The smallest absolute Gasteiger partial charge is 0.264 e. The van der Waals surface area contributed by atoms with Crippen molar-refractivity contribution in [3.63, 3.8) is 0 Å². The van der Waals surface area contributed by atoms with Crippen LogP contribution in [0.1, 0.15) is 5.76 Å². The van der Waals surface area contributed by atoms with Crippen molar-refractivity contribution in [1.82, 2.24) is 5.32 Å². The van der Waals surface area contributed by atoms with Crippen molar-refractivity contribution in [3.05, 3.63) is 82.4 Å². The van der Waals surface area contributed by atoms with Crippen molar-refractivity contribution in [2.24, 2.45) is 4.99 Å². The lowest BCUT2D eigenvalue weighted by atomic mass is 10.2. The van der Waals surface area contributed by atoms with Crippen molar-refractivity contribution in [2.45, 2.75) is 0 Å². The van der Waals surface area contributed by atoms with Crippen molar-refractivity contribution in [2.75, 3.05) is 0 Å². The predicted molar refractivity (Wildman–Crippen MR) is 106 cm³/mol. The maximum Gasteiger partial charge on any atom is 0.264 e. The van der Waals surface area contributed by atoms with Gasteiger partial charge in [-0.15, -0.1) is 0 Å². The first-order valence-electron chi connectivity index (χ1n) is 7.88. The predicted octanol–water partition coefficient (Wildman–Crippen LogP) is 5.49. The molecule has 0 saturated carbocycles. The van der Waals surface area contributed by atoms with E-state index in [1.54, 1.807) is 6.08 Å². The Kier molecular flexibility index (Phi) is 4.65. The Hall–Kier alpha value is -2.76. The first-order valence-corrected chi connectivity index (χ1v) is 9.07. The summed E-state index contributed by atoms with van der Waals surface area (Å²) in [6.45, 7) is 0. The molecular weight excluding hydrogens is 368 g/mol. The van der Waals surface area contributed by atoms with Crippen LogP contribution in [0, 0.1) is 0 Å². The van der Waals surface area contributed by atoms with Gasteiger partial charge in [0, 0.05) is 16.7 Å². The molecule has 1 saturated heterocycles. The monoisotopic (exact) mass is 380 g/mol. The Labute approximate surface area is 159 Å². The SMILES string of the molecule is O=C1NC(=Nc2ccccc2)SC1=Cc1ccc(-c2ccc(Cl)cc2)o1. The van der Waals surface area contributed by atoms with Gasteiger partial charge in [-0.1, -0.05) is 29.8 Å². The van der Waals surface area contributed by atoms with Crippen LogP contribution >= 0.6 is 23.4 Å². The van der Waals surface area contributed by atoms with Crippen LogP contribution in [-0.4, -0.2) is 11.1 Å². The Morgan fingerprint density at radius 2 is 1.77 bits per heavy atom. The fraction of sp³-hybridized carbons (Fsp3) is 0. The second kappa shape index (κ2) is 7.23. The van der Waals surface area contributed by atoms with Gasteiger partial charge in [0.1, 0.15) is 11.5 Å². The molecule has 1 aliphatic rings. The van der Waals surface area contributed by atoms with Crippen LogP contribution < -0.4 is 5.32 Å². The first kappa shape index (κ1) is 16.7. The van der Waals surface area contributed by atoms with Crippen molar-refractivity contribution in [1.29, 1.82) is 0 Å². The van der Waals surface area contributed by atoms with E-state index in [0.29, 0.717) is 20.9 Å². The van der Waals surface area contributed by atoms with E-state index in [1.807, 2.05) is 66.7 Å². The zero-order valence-corrected chi connectivity index (χ0v) is 15.1. The van der Waals surface area contributed by atoms with Gasteiger partial charge in [-0.25, -0.2) is 4.99 Å². The number of nitrogens with one attached hydrogen (secondary N) is 1. The quantitative estimate of drug-likeness (QED) is 0.611. The minimum Gasteiger partial charge on any atom is -0.457 e. The van der Waals surface area contributed by atoms with Crippen LogP contribution in [0.15, 0.2) is 81.0 Å². The number of carbonyl (C=O) groups excluding carboxylic acids is 1. The average Bonchev–Trinajstić information content (AvgIpc) is 3.24. The minimum absolute atomic E-state index is 0.186. The topological polar surface area (TPSA) is 54.6 Å². The van der Waals surface area contributed by atoms with Gasteiger partial charge in [-0.05, 0) is 60.3 Å². The van der Waals surface area contributed by atoms with Gasteiger partial charge in [-0.2, -0.15) is 0 Å². The number of nitrogens with zero attached hydrogens (tertiary/aromatic N) is 1. The van der Waals surface area contributed by atoms with Gasteiger partial charge in [0.05, 0.1) is 10.6 Å². The molecule has 1 aliphatic heterocycles. The number of para-hydroxylation sites is 1. The number of aliphatic imine (C=N–C) groups is 1. The maximum absolute atomic E-state index is 12.2. The lowest BCUT2D eigenvalue weighted by molar-refractivity contribution is -0.115. The molecule has 0 unspecified atom stereocenters. The fourth-order valence-electron chi connectivity index (χ4n) is 2.43. The first-order chi connectivity index (χ1) is 12.7. The number of hydrogen-bond acceptors (Lipinski definition) is 4. The van der Waals surface area contributed by atoms with Crippen molar-refractivity contribution in [3.8, 4) is 11.3 Å². The number of thioether (sulfide) groups is 1. The van der Waals surface area contributed by atoms with Gasteiger partial charge >= 0.3 is 0 Å². The molecule has 2 heterocycles. The molecule has 4 nitrogen and oxygen atoms in total. The summed E-state index contributed by atoms with van der Waals surface area (Å²) >= 11 is 7.20. The summed E-state index contributed by atoms with van der Waals surface area (Å²) in [5.41, 5.74) is 1.72. The van der Waals surface area contributed by atoms with Crippen LogP contribution in [0.3, 0.4) is 0 Å².